The highest BCUT2D eigenvalue weighted by Crippen LogP contribution is 2.08. The lowest BCUT2D eigenvalue weighted by atomic mass is 10.1. The summed E-state index contributed by atoms with van der Waals surface area (Å²) in [5, 5.41) is 0. The molecule has 2 heterocycles. The van der Waals surface area contributed by atoms with Crippen LogP contribution in [0, 0.1) is 17.8 Å². The van der Waals surface area contributed by atoms with Gasteiger partial charge in [0.05, 0.1) is 5.92 Å². The van der Waals surface area contributed by atoms with Crippen molar-refractivity contribution in [2.24, 2.45) is 5.92 Å². The summed E-state index contributed by atoms with van der Waals surface area (Å²) in [4.78, 5) is 21.1. The van der Waals surface area contributed by atoms with Crippen molar-refractivity contribution < 1.29 is 28.5 Å². The van der Waals surface area contributed by atoms with E-state index >= 15 is 0 Å². The SMILES string of the molecule is O=C1OCC(C#CC2COC(=O)O2)CO1. The Hall–Kier alpha value is -1.90. The molecule has 0 N–H and O–H groups in total. The van der Waals surface area contributed by atoms with E-state index in [4.69, 9.17) is 4.74 Å². The van der Waals surface area contributed by atoms with Gasteiger partial charge in [0.15, 0.2) is 6.10 Å². The topological polar surface area (TPSA) is 71.1 Å². The highest BCUT2D eigenvalue weighted by atomic mass is 16.8. The summed E-state index contributed by atoms with van der Waals surface area (Å²) in [6.07, 6.45) is -1.92. The van der Waals surface area contributed by atoms with Gasteiger partial charge in [0, 0.05) is 0 Å². The molecular formula is C9H8O6. The van der Waals surface area contributed by atoms with E-state index in [1.54, 1.807) is 0 Å². The van der Waals surface area contributed by atoms with Crippen LogP contribution in [0.15, 0.2) is 0 Å². The second kappa shape index (κ2) is 4.09. The van der Waals surface area contributed by atoms with Crippen LogP contribution in [0.4, 0.5) is 9.59 Å². The molecule has 0 amide bonds. The number of rotatable bonds is 0. The fraction of sp³-hybridized carbons (Fsp3) is 0.556. The summed E-state index contributed by atoms with van der Waals surface area (Å²) in [6, 6.07) is 0. The highest BCUT2D eigenvalue weighted by molar-refractivity contribution is 5.62. The molecule has 2 saturated heterocycles. The molecule has 2 aliphatic heterocycles. The van der Waals surface area contributed by atoms with Crippen molar-refractivity contribution in [2.45, 2.75) is 6.10 Å². The lowest BCUT2D eigenvalue weighted by Crippen LogP contribution is -2.26. The third-order valence-electron chi connectivity index (χ3n) is 1.84. The summed E-state index contributed by atoms with van der Waals surface area (Å²) in [5.41, 5.74) is 0. The normalized spacial score (nSPS) is 25.5. The van der Waals surface area contributed by atoms with Crippen LogP contribution in [0.25, 0.3) is 0 Å². The molecule has 6 heteroatoms. The Balaban J connectivity index is 1.83. The third kappa shape index (κ3) is 2.53. The quantitative estimate of drug-likeness (QED) is 0.425. The van der Waals surface area contributed by atoms with Gasteiger partial charge in [-0.25, -0.2) is 9.59 Å². The van der Waals surface area contributed by atoms with E-state index in [2.05, 4.69) is 26.1 Å². The predicted octanol–water partition coefficient (Wildman–Crippen LogP) is 0.308. The van der Waals surface area contributed by atoms with Crippen LogP contribution in [0.3, 0.4) is 0 Å². The Labute approximate surface area is 85.4 Å². The zero-order valence-electron chi connectivity index (χ0n) is 7.73. The molecule has 0 aromatic heterocycles. The minimum absolute atomic E-state index is 0.138. The maximum absolute atomic E-state index is 10.5. The largest absolute Gasteiger partial charge is 0.509 e. The Kier molecular flexibility index (Phi) is 2.63. The molecule has 2 fully saturated rings. The van der Waals surface area contributed by atoms with E-state index in [-0.39, 0.29) is 25.7 Å². The molecule has 2 aliphatic rings. The molecule has 0 aromatic carbocycles. The minimum Gasteiger partial charge on any atom is -0.433 e. The van der Waals surface area contributed by atoms with Crippen LogP contribution in [0.2, 0.25) is 0 Å². The summed E-state index contributed by atoms with van der Waals surface area (Å²) in [7, 11) is 0. The number of hydrogen-bond donors (Lipinski definition) is 0. The minimum atomic E-state index is -0.708. The average Bonchev–Trinajstić information content (AvgIpc) is 2.64. The molecule has 80 valence electrons. The van der Waals surface area contributed by atoms with Crippen molar-refractivity contribution in [3.8, 4) is 11.8 Å². The molecule has 0 radical (unpaired) electrons. The van der Waals surface area contributed by atoms with Gasteiger partial charge in [-0.3, -0.25) is 0 Å². The number of hydrogen-bond acceptors (Lipinski definition) is 6. The molecule has 0 aromatic rings. The molecule has 15 heavy (non-hydrogen) atoms. The van der Waals surface area contributed by atoms with E-state index in [1.807, 2.05) is 0 Å². The van der Waals surface area contributed by atoms with Crippen molar-refractivity contribution >= 4 is 12.3 Å². The van der Waals surface area contributed by atoms with Gasteiger partial charge in [0.2, 0.25) is 0 Å². The smallest absolute Gasteiger partial charge is 0.433 e. The monoisotopic (exact) mass is 212 g/mol. The average molecular weight is 212 g/mol. The maximum atomic E-state index is 10.5. The Bertz CT molecular complexity index is 328. The second-order valence-corrected chi connectivity index (χ2v) is 3.03. The van der Waals surface area contributed by atoms with Crippen molar-refractivity contribution in [2.75, 3.05) is 19.8 Å². The molecule has 1 atom stereocenters. The second-order valence-electron chi connectivity index (χ2n) is 3.03. The first-order valence-electron chi connectivity index (χ1n) is 4.38. The molecule has 1 unspecified atom stereocenters. The van der Waals surface area contributed by atoms with Crippen LogP contribution in [-0.2, 0) is 18.9 Å². The van der Waals surface area contributed by atoms with Gasteiger partial charge in [-0.2, -0.15) is 0 Å². The van der Waals surface area contributed by atoms with E-state index in [1.165, 1.54) is 0 Å². The summed E-state index contributed by atoms with van der Waals surface area (Å²) in [6.45, 7) is 0.542. The first-order chi connectivity index (χ1) is 7.24. The molecule has 6 nitrogen and oxygen atoms in total. The van der Waals surface area contributed by atoms with Crippen molar-refractivity contribution in [3.05, 3.63) is 0 Å². The van der Waals surface area contributed by atoms with Crippen LogP contribution >= 0.6 is 0 Å². The number of carbonyl (C=O) groups excluding carboxylic acids is 2. The number of ether oxygens (including phenoxy) is 4. The summed E-state index contributed by atoms with van der Waals surface area (Å²) < 4.78 is 18.5. The molecule has 0 aliphatic carbocycles. The van der Waals surface area contributed by atoms with Gasteiger partial charge in [-0.05, 0) is 0 Å². The maximum Gasteiger partial charge on any atom is 0.509 e. The van der Waals surface area contributed by atoms with Gasteiger partial charge < -0.3 is 18.9 Å². The Morgan fingerprint density at radius 3 is 2.20 bits per heavy atom. The lowest BCUT2D eigenvalue weighted by Gasteiger charge is -2.16. The number of cyclic esters (lactones) is 4. The zero-order chi connectivity index (χ0) is 10.7. The van der Waals surface area contributed by atoms with E-state index in [0.29, 0.717) is 0 Å². The summed E-state index contributed by atoms with van der Waals surface area (Å²) in [5.74, 6) is 5.32. The molecule has 0 bridgehead atoms. The van der Waals surface area contributed by atoms with Crippen molar-refractivity contribution in [1.82, 2.24) is 0 Å². The lowest BCUT2D eigenvalue weighted by molar-refractivity contribution is 0.00200. The van der Waals surface area contributed by atoms with Gasteiger partial charge in [0.25, 0.3) is 0 Å². The van der Waals surface area contributed by atoms with Gasteiger partial charge in [-0.1, -0.05) is 11.8 Å². The van der Waals surface area contributed by atoms with E-state index < -0.39 is 18.4 Å². The van der Waals surface area contributed by atoms with Gasteiger partial charge in [-0.15, -0.1) is 0 Å². The van der Waals surface area contributed by atoms with Crippen molar-refractivity contribution in [3.63, 3.8) is 0 Å². The zero-order valence-corrected chi connectivity index (χ0v) is 7.73. The highest BCUT2D eigenvalue weighted by Gasteiger charge is 2.24. The van der Waals surface area contributed by atoms with Crippen LogP contribution in [0.5, 0.6) is 0 Å². The van der Waals surface area contributed by atoms with Crippen molar-refractivity contribution in [1.29, 1.82) is 0 Å². The van der Waals surface area contributed by atoms with E-state index in [9.17, 15) is 9.59 Å². The number of carbonyl (C=O) groups is 2. The van der Waals surface area contributed by atoms with Crippen LogP contribution in [-0.4, -0.2) is 38.2 Å². The van der Waals surface area contributed by atoms with Crippen LogP contribution < -0.4 is 0 Å². The molecule has 0 spiro atoms. The Morgan fingerprint density at radius 2 is 1.60 bits per heavy atom. The van der Waals surface area contributed by atoms with Crippen LogP contribution in [0.1, 0.15) is 0 Å². The standard InChI is InChI=1S/C9H8O6/c10-8-12-3-6(4-13-8)1-2-7-5-14-9(11)15-7/h6-7H,3-5H2. The molecular weight excluding hydrogens is 204 g/mol. The Morgan fingerprint density at radius 1 is 0.933 bits per heavy atom. The van der Waals surface area contributed by atoms with Gasteiger partial charge in [0.1, 0.15) is 19.8 Å². The third-order valence-corrected chi connectivity index (χ3v) is 1.84. The summed E-state index contributed by atoms with van der Waals surface area (Å²) >= 11 is 0. The fourth-order valence-corrected chi connectivity index (χ4v) is 1.12. The first-order valence-corrected chi connectivity index (χ1v) is 4.38. The molecule has 0 saturated carbocycles. The van der Waals surface area contributed by atoms with E-state index in [0.717, 1.165) is 0 Å². The predicted molar refractivity (Wildman–Crippen MR) is 44.8 cm³/mol. The fourth-order valence-electron chi connectivity index (χ4n) is 1.12. The molecule has 2 rings (SSSR count). The van der Waals surface area contributed by atoms with Gasteiger partial charge >= 0.3 is 12.3 Å². The first kappa shape index (κ1) is 9.65.